The zero-order chi connectivity index (χ0) is 21.9. The van der Waals surface area contributed by atoms with E-state index in [4.69, 9.17) is 9.68 Å². The Morgan fingerprint density at radius 3 is 2.22 bits per heavy atom. The average molecular weight is 416 g/mol. The number of H-pyrrole nitrogens is 1. The highest BCUT2D eigenvalue weighted by Gasteiger charge is 2.09. The molecule has 3 aromatic carbocycles. The van der Waals surface area contributed by atoms with Crippen LogP contribution in [-0.2, 0) is 0 Å². The molecule has 1 N–H and O–H groups in total. The van der Waals surface area contributed by atoms with Crippen molar-refractivity contribution in [3.05, 3.63) is 106 Å². The van der Waals surface area contributed by atoms with Gasteiger partial charge in [0, 0.05) is 10.9 Å². The molecular weight excluding hydrogens is 400 g/mol. The lowest BCUT2D eigenvalue weighted by Crippen LogP contribution is -2.02. The van der Waals surface area contributed by atoms with E-state index in [0.29, 0.717) is 16.8 Å². The minimum absolute atomic E-state index is 0.272. The lowest BCUT2D eigenvalue weighted by molar-refractivity contribution is 0.563. The number of fused-ring (bicyclic) bond motifs is 1. The van der Waals surface area contributed by atoms with Gasteiger partial charge in [0.2, 0.25) is 0 Å². The summed E-state index contributed by atoms with van der Waals surface area (Å²) in [6.45, 7) is 0. The van der Waals surface area contributed by atoms with E-state index in [1.165, 1.54) is 0 Å². The lowest BCUT2D eigenvalue weighted by Gasteiger charge is -2.03. The maximum absolute atomic E-state index is 12.4. The molecule has 6 heteroatoms. The van der Waals surface area contributed by atoms with Crippen molar-refractivity contribution in [2.24, 2.45) is 0 Å². The molecule has 0 unspecified atom stereocenters. The molecule has 2 heterocycles. The van der Waals surface area contributed by atoms with Crippen LogP contribution in [0.4, 0.5) is 0 Å². The van der Waals surface area contributed by atoms with Gasteiger partial charge in [0.1, 0.15) is 17.3 Å². The first kappa shape index (κ1) is 19.2. The maximum atomic E-state index is 12.4. The number of hydrogen-bond donors (Lipinski definition) is 1. The SMILES string of the molecule is N#Cc1nn[nH]c1-c1ccc(/C=C/c2ccc(-c3cc4ccccc4oc3=O)cc2)cc1. The molecule has 0 aliphatic carbocycles. The fourth-order valence-electron chi connectivity index (χ4n) is 3.50. The summed E-state index contributed by atoms with van der Waals surface area (Å²) in [7, 11) is 0. The van der Waals surface area contributed by atoms with E-state index in [-0.39, 0.29) is 11.3 Å². The van der Waals surface area contributed by atoms with Crippen molar-refractivity contribution < 1.29 is 4.42 Å². The van der Waals surface area contributed by atoms with E-state index in [1.54, 1.807) is 6.07 Å². The highest BCUT2D eigenvalue weighted by atomic mass is 16.4. The van der Waals surface area contributed by atoms with E-state index in [9.17, 15) is 4.79 Å². The lowest BCUT2D eigenvalue weighted by atomic mass is 10.0. The number of nitrogens with zero attached hydrogens (tertiary/aromatic N) is 3. The largest absolute Gasteiger partial charge is 0.422 e. The molecule has 0 radical (unpaired) electrons. The molecule has 0 saturated carbocycles. The van der Waals surface area contributed by atoms with Crippen molar-refractivity contribution >= 4 is 23.1 Å². The first-order chi connectivity index (χ1) is 15.7. The summed E-state index contributed by atoms with van der Waals surface area (Å²) in [4.78, 5) is 12.4. The van der Waals surface area contributed by atoms with Crippen LogP contribution < -0.4 is 5.63 Å². The van der Waals surface area contributed by atoms with Crippen LogP contribution in [0.1, 0.15) is 16.8 Å². The van der Waals surface area contributed by atoms with E-state index < -0.39 is 0 Å². The first-order valence-electron chi connectivity index (χ1n) is 9.94. The second-order valence-electron chi connectivity index (χ2n) is 7.21. The summed E-state index contributed by atoms with van der Waals surface area (Å²) in [5.74, 6) is 0. The molecule has 2 aromatic heterocycles. The molecule has 0 fully saturated rings. The topological polar surface area (TPSA) is 95.6 Å². The van der Waals surface area contributed by atoms with Crippen molar-refractivity contribution in [1.82, 2.24) is 15.4 Å². The van der Waals surface area contributed by atoms with Crippen LogP contribution in [0, 0.1) is 11.3 Å². The normalized spacial score (nSPS) is 11.1. The smallest absolute Gasteiger partial charge is 0.344 e. The summed E-state index contributed by atoms with van der Waals surface area (Å²) in [5, 5.41) is 20.2. The summed E-state index contributed by atoms with van der Waals surface area (Å²) < 4.78 is 5.44. The molecular formula is C26H16N4O2. The summed E-state index contributed by atoms with van der Waals surface area (Å²) in [5.41, 5.74) is 5.34. The molecule has 0 aliphatic rings. The number of hydrogen-bond acceptors (Lipinski definition) is 5. The van der Waals surface area contributed by atoms with Gasteiger partial charge in [0.05, 0.1) is 5.56 Å². The number of para-hydroxylation sites is 1. The van der Waals surface area contributed by atoms with Crippen LogP contribution in [0.2, 0.25) is 0 Å². The summed E-state index contributed by atoms with van der Waals surface area (Å²) in [6, 6.07) is 26.9. The molecule has 6 nitrogen and oxygen atoms in total. The van der Waals surface area contributed by atoms with Crippen LogP contribution >= 0.6 is 0 Å². The molecule has 5 aromatic rings. The van der Waals surface area contributed by atoms with Gasteiger partial charge >= 0.3 is 5.63 Å². The van der Waals surface area contributed by atoms with Gasteiger partial charge < -0.3 is 4.42 Å². The fourth-order valence-corrected chi connectivity index (χ4v) is 3.50. The highest BCUT2D eigenvalue weighted by molar-refractivity contribution is 5.82. The van der Waals surface area contributed by atoms with E-state index in [2.05, 4.69) is 15.4 Å². The monoisotopic (exact) mass is 416 g/mol. The predicted molar refractivity (Wildman–Crippen MR) is 123 cm³/mol. The number of nitriles is 1. The van der Waals surface area contributed by atoms with Gasteiger partial charge in [-0.15, -0.1) is 5.10 Å². The number of aromatic amines is 1. The number of rotatable bonds is 4. The second kappa shape index (κ2) is 8.17. The van der Waals surface area contributed by atoms with E-state index in [1.807, 2.05) is 91.0 Å². The van der Waals surface area contributed by atoms with Crippen molar-refractivity contribution in [2.45, 2.75) is 0 Å². The van der Waals surface area contributed by atoms with E-state index >= 15 is 0 Å². The predicted octanol–water partition coefficient (Wildman–Crippen LogP) is 5.29. The number of benzene rings is 3. The van der Waals surface area contributed by atoms with Gasteiger partial charge in [0.25, 0.3) is 0 Å². The van der Waals surface area contributed by atoms with Gasteiger partial charge in [0.15, 0.2) is 5.69 Å². The molecule has 0 saturated heterocycles. The van der Waals surface area contributed by atoms with Crippen molar-refractivity contribution in [3.8, 4) is 28.5 Å². The summed E-state index contributed by atoms with van der Waals surface area (Å²) in [6.07, 6.45) is 4.00. The van der Waals surface area contributed by atoms with Crippen LogP contribution in [-0.4, -0.2) is 15.4 Å². The first-order valence-corrected chi connectivity index (χ1v) is 9.94. The summed E-state index contributed by atoms with van der Waals surface area (Å²) >= 11 is 0. The molecule has 0 atom stereocenters. The standard InChI is InChI=1S/C26H16N4O2/c27-16-23-25(29-30-28-23)20-13-9-18(10-14-20)6-5-17-7-11-19(12-8-17)22-15-21-3-1-2-4-24(21)32-26(22)31/h1-15H,(H,28,29,30)/b6-5+. The highest BCUT2D eigenvalue weighted by Crippen LogP contribution is 2.23. The Morgan fingerprint density at radius 1 is 0.875 bits per heavy atom. The van der Waals surface area contributed by atoms with Gasteiger partial charge in [-0.3, -0.25) is 5.10 Å². The molecule has 0 spiro atoms. The average Bonchev–Trinajstić information content (AvgIpc) is 3.32. The molecule has 0 amide bonds. The molecule has 0 aliphatic heterocycles. The van der Waals surface area contributed by atoms with Crippen LogP contribution in [0.5, 0.6) is 0 Å². The van der Waals surface area contributed by atoms with Crippen LogP contribution in [0.25, 0.3) is 45.5 Å². The Morgan fingerprint density at radius 2 is 1.53 bits per heavy atom. The Bertz CT molecular complexity index is 1540. The Balaban J connectivity index is 1.35. The Kier molecular flexibility index (Phi) is 4.91. The maximum Gasteiger partial charge on any atom is 0.344 e. The van der Waals surface area contributed by atoms with Crippen LogP contribution in [0.15, 0.2) is 88.1 Å². The van der Waals surface area contributed by atoms with E-state index in [0.717, 1.165) is 27.6 Å². The Hall–Kier alpha value is -4.76. The fraction of sp³-hybridized carbons (Fsp3) is 0. The molecule has 5 rings (SSSR count). The van der Waals surface area contributed by atoms with Crippen molar-refractivity contribution in [2.75, 3.05) is 0 Å². The molecule has 0 bridgehead atoms. The second-order valence-corrected chi connectivity index (χ2v) is 7.21. The third kappa shape index (κ3) is 3.71. The van der Waals surface area contributed by atoms with Crippen LogP contribution in [0.3, 0.4) is 0 Å². The number of nitrogens with one attached hydrogen (secondary N) is 1. The third-order valence-electron chi connectivity index (χ3n) is 5.19. The Labute approximate surface area is 183 Å². The van der Waals surface area contributed by atoms with Gasteiger partial charge in [-0.05, 0) is 28.8 Å². The zero-order valence-corrected chi connectivity index (χ0v) is 16.8. The van der Waals surface area contributed by atoms with Gasteiger partial charge in [-0.2, -0.15) is 5.26 Å². The minimum Gasteiger partial charge on any atom is -0.422 e. The third-order valence-corrected chi connectivity index (χ3v) is 5.19. The minimum atomic E-state index is -0.348. The number of aromatic nitrogens is 3. The zero-order valence-electron chi connectivity index (χ0n) is 16.8. The molecule has 32 heavy (non-hydrogen) atoms. The van der Waals surface area contributed by atoms with Crippen molar-refractivity contribution in [3.63, 3.8) is 0 Å². The quantitative estimate of drug-likeness (QED) is 0.317. The van der Waals surface area contributed by atoms with Gasteiger partial charge in [-0.1, -0.05) is 84.1 Å². The van der Waals surface area contributed by atoms with Crippen molar-refractivity contribution in [1.29, 1.82) is 5.26 Å². The molecule has 152 valence electrons. The van der Waals surface area contributed by atoms with Gasteiger partial charge in [-0.25, -0.2) is 4.79 Å².